The smallest absolute Gasteiger partial charge is 0.237 e. The molecule has 0 saturated heterocycles. The van der Waals surface area contributed by atoms with Gasteiger partial charge >= 0.3 is 0 Å². The van der Waals surface area contributed by atoms with Gasteiger partial charge in [-0.1, -0.05) is 36.8 Å². The SMILES string of the molecule is NC(=O)C(CCCCc1ccccc1)S(N)(=O)=O. The summed E-state index contributed by atoms with van der Waals surface area (Å²) in [4.78, 5) is 11.0. The van der Waals surface area contributed by atoms with Gasteiger partial charge in [0.05, 0.1) is 0 Å². The van der Waals surface area contributed by atoms with Gasteiger partial charge in [0.2, 0.25) is 15.9 Å². The number of amides is 1. The van der Waals surface area contributed by atoms with Crippen LogP contribution in [-0.4, -0.2) is 19.6 Å². The molecule has 0 aliphatic rings. The number of sulfonamides is 1. The Hall–Kier alpha value is -1.40. The minimum Gasteiger partial charge on any atom is -0.369 e. The maximum absolute atomic E-state index is 11.1. The molecule has 5 nitrogen and oxygen atoms in total. The third-order valence-corrected chi connectivity index (χ3v) is 4.00. The van der Waals surface area contributed by atoms with Gasteiger partial charge < -0.3 is 5.73 Å². The number of nitrogens with two attached hydrogens (primary N) is 2. The van der Waals surface area contributed by atoms with E-state index in [1.165, 1.54) is 5.56 Å². The molecule has 0 fully saturated rings. The van der Waals surface area contributed by atoms with E-state index < -0.39 is 21.2 Å². The van der Waals surface area contributed by atoms with Gasteiger partial charge in [0.25, 0.3) is 0 Å². The summed E-state index contributed by atoms with van der Waals surface area (Å²) in [5.41, 5.74) is 6.20. The van der Waals surface area contributed by atoms with Crippen molar-refractivity contribution >= 4 is 15.9 Å². The van der Waals surface area contributed by atoms with E-state index in [-0.39, 0.29) is 6.42 Å². The van der Waals surface area contributed by atoms with Crippen LogP contribution >= 0.6 is 0 Å². The van der Waals surface area contributed by atoms with Gasteiger partial charge in [-0.05, 0) is 24.8 Å². The van der Waals surface area contributed by atoms with Gasteiger partial charge in [0, 0.05) is 0 Å². The Kier molecular flexibility index (Phi) is 5.30. The van der Waals surface area contributed by atoms with Crippen molar-refractivity contribution in [1.29, 1.82) is 0 Å². The van der Waals surface area contributed by atoms with Crippen molar-refractivity contribution in [3.63, 3.8) is 0 Å². The molecule has 0 saturated carbocycles. The number of unbranched alkanes of at least 4 members (excludes halogenated alkanes) is 1. The molecule has 0 aliphatic carbocycles. The molecular weight excluding hydrogens is 252 g/mol. The second-order valence-electron chi connectivity index (χ2n) is 4.21. The highest BCUT2D eigenvalue weighted by Crippen LogP contribution is 2.11. The number of aryl methyl sites for hydroxylation is 1. The topological polar surface area (TPSA) is 103 Å². The zero-order valence-electron chi connectivity index (χ0n) is 10.1. The standard InChI is InChI=1S/C12H18N2O3S/c13-12(15)11(18(14,16)17)9-5-4-8-10-6-2-1-3-7-10/h1-3,6-7,11H,4-5,8-9H2,(H2,13,15)(H2,14,16,17). The lowest BCUT2D eigenvalue weighted by molar-refractivity contribution is -0.117. The van der Waals surface area contributed by atoms with E-state index in [0.717, 1.165) is 12.8 Å². The molecule has 1 amide bonds. The number of primary sulfonamides is 1. The van der Waals surface area contributed by atoms with Crippen molar-refractivity contribution in [2.75, 3.05) is 0 Å². The highest BCUT2D eigenvalue weighted by molar-refractivity contribution is 7.90. The summed E-state index contributed by atoms with van der Waals surface area (Å²) >= 11 is 0. The Morgan fingerprint density at radius 1 is 1.17 bits per heavy atom. The second kappa shape index (κ2) is 6.51. The monoisotopic (exact) mass is 270 g/mol. The quantitative estimate of drug-likeness (QED) is 0.707. The van der Waals surface area contributed by atoms with Gasteiger partial charge in [-0.15, -0.1) is 0 Å². The fraction of sp³-hybridized carbons (Fsp3) is 0.417. The van der Waals surface area contributed by atoms with Crippen molar-refractivity contribution in [2.24, 2.45) is 10.9 Å². The Morgan fingerprint density at radius 2 is 1.78 bits per heavy atom. The molecule has 4 N–H and O–H groups in total. The Bertz CT molecular complexity index is 485. The molecule has 1 rings (SSSR count). The highest BCUT2D eigenvalue weighted by atomic mass is 32.2. The minimum atomic E-state index is -3.88. The van der Waals surface area contributed by atoms with Crippen molar-refractivity contribution < 1.29 is 13.2 Å². The first-order chi connectivity index (χ1) is 8.41. The zero-order valence-corrected chi connectivity index (χ0v) is 10.9. The molecule has 0 spiro atoms. The number of primary amides is 1. The van der Waals surface area contributed by atoms with Crippen LogP contribution in [0.5, 0.6) is 0 Å². The summed E-state index contributed by atoms with van der Waals surface area (Å²) in [6.45, 7) is 0. The van der Waals surface area contributed by atoms with Crippen molar-refractivity contribution in [3.05, 3.63) is 35.9 Å². The Balaban J connectivity index is 2.39. The molecular formula is C12H18N2O3S. The third-order valence-electron chi connectivity index (χ3n) is 2.74. The van der Waals surface area contributed by atoms with E-state index in [9.17, 15) is 13.2 Å². The molecule has 100 valence electrons. The summed E-state index contributed by atoms with van der Waals surface area (Å²) in [7, 11) is -3.88. The molecule has 0 aromatic heterocycles. The molecule has 1 atom stereocenters. The van der Waals surface area contributed by atoms with Crippen molar-refractivity contribution in [2.45, 2.75) is 30.9 Å². The summed E-state index contributed by atoms with van der Waals surface area (Å²) in [5, 5.41) is 3.68. The molecule has 0 heterocycles. The van der Waals surface area contributed by atoms with Gasteiger partial charge in [0.1, 0.15) is 0 Å². The van der Waals surface area contributed by atoms with Crippen LogP contribution in [0.3, 0.4) is 0 Å². The van der Waals surface area contributed by atoms with Gasteiger partial charge in [-0.25, -0.2) is 13.6 Å². The first kappa shape index (κ1) is 14.7. The van der Waals surface area contributed by atoms with E-state index in [1.807, 2.05) is 30.3 Å². The molecule has 18 heavy (non-hydrogen) atoms. The van der Waals surface area contributed by atoms with Crippen molar-refractivity contribution in [1.82, 2.24) is 0 Å². The molecule has 0 aliphatic heterocycles. The van der Waals surface area contributed by atoms with Crippen LogP contribution in [0, 0.1) is 0 Å². The number of carbonyl (C=O) groups excluding carboxylic acids is 1. The van der Waals surface area contributed by atoms with E-state index in [4.69, 9.17) is 10.9 Å². The van der Waals surface area contributed by atoms with E-state index >= 15 is 0 Å². The number of hydrogen-bond acceptors (Lipinski definition) is 3. The first-order valence-corrected chi connectivity index (χ1v) is 7.37. The largest absolute Gasteiger partial charge is 0.369 e. The van der Waals surface area contributed by atoms with Crippen molar-refractivity contribution in [3.8, 4) is 0 Å². The zero-order chi connectivity index (χ0) is 13.6. The molecule has 1 aromatic rings. The summed E-state index contributed by atoms with van der Waals surface area (Å²) in [5.74, 6) is -0.878. The van der Waals surface area contributed by atoms with Gasteiger partial charge in [-0.3, -0.25) is 4.79 Å². The molecule has 0 radical (unpaired) electrons. The summed E-state index contributed by atoms with van der Waals surface area (Å²) in [6, 6.07) is 9.85. The van der Waals surface area contributed by atoms with E-state index in [1.54, 1.807) is 0 Å². The molecule has 1 unspecified atom stereocenters. The molecule has 1 aromatic carbocycles. The van der Waals surface area contributed by atoms with Crippen LogP contribution in [0.1, 0.15) is 24.8 Å². The number of hydrogen-bond donors (Lipinski definition) is 2. The van der Waals surface area contributed by atoms with E-state index in [2.05, 4.69) is 0 Å². The number of rotatable bonds is 7. The van der Waals surface area contributed by atoms with Crippen LogP contribution in [0.4, 0.5) is 0 Å². The van der Waals surface area contributed by atoms with Crippen LogP contribution in [0.25, 0.3) is 0 Å². The summed E-state index contributed by atoms with van der Waals surface area (Å²) in [6.07, 6.45) is 2.42. The normalized spacial score (nSPS) is 13.2. The van der Waals surface area contributed by atoms with Crippen LogP contribution in [-0.2, 0) is 21.2 Å². The molecule has 6 heteroatoms. The van der Waals surface area contributed by atoms with E-state index in [0.29, 0.717) is 6.42 Å². The van der Waals surface area contributed by atoms with Crippen LogP contribution in [0.15, 0.2) is 30.3 Å². The lowest BCUT2D eigenvalue weighted by Gasteiger charge is -2.10. The number of carbonyl (C=O) groups is 1. The lowest BCUT2D eigenvalue weighted by Crippen LogP contribution is -2.39. The predicted molar refractivity (Wildman–Crippen MR) is 70.1 cm³/mol. The minimum absolute atomic E-state index is 0.182. The van der Waals surface area contributed by atoms with Crippen LogP contribution < -0.4 is 10.9 Å². The fourth-order valence-corrected chi connectivity index (χ4v) is 2.59. The number of benzene rings is 1. The average molecular weight is 270 g/mol. The highest BCUT2D eigenvalue weighted by Gasteiger charge is 2.26. The molecule has 0 bridgehead atoms. The summed E-state index contributed by atoms with van der Waals surface area (Å²) < 4.78 is 22.2. The maximum Gasteiger partial charge on any atom is 0.237 e. The Morgan fingerprint density at radius 3 is 2.28 bits per heavy atom. The Labute approximate surface area is 107 Å². The van der Waals surface area contributed by atoms with Crippen LogP contribution in [0.2, 0.25) is 0 Å². The first-order valence-electron chi connectivity index (χ1n) is 5.76. The maximum atomic E-state index is 11.1. The second-order valence-corrected chi connectivity index (χ2v) is 5.96. The fourth-order valence-electron chi connectivity index (χ4n) is 1.77. The van der Waals surface area contributed by atoms with Gasteiger partial charge in [-0.2, -0.15) is 0 Å². The van der Waals surface area contributed by atoms with Gasteiger partial charge in [0.15, 0.2) is 5.25 Å². The predicted octanol–water partition coefficient (Wildman–Crippen LogP) is 0.542. The lowest BCUT2D eigenvalue weighted by atomic mass is 10.1. The average Bonchev–Trinajstić information content (AvgIpc) is 2.27. The third kappa shape index (κ3) is 4.85.